The second-order valence-electron chi connectivity index (χ2n) is 2.05. The molecule has 0 amide bonds. The molecule has 0 bridgehead atoms. The zero-order valence-electron chi connectivity index (χ0n) is 5.29. The van der Waals surface area contributed by atoms with Gasteiger partial charge in [0, 0.05) is 29.4 Å². The molecule has 1 saturated heterocycles. The molecule has 1 fully saturated rings. The smallest absolute Gasteiger partial charge is 0.324 e. The Morgan fingerprint density at radius 1 is 1.80 bits per heavy atom. The van der Waals surface area contributed by atoms with Gasteiger partial charge in [0.15, 0.2) is 0 Å². The van der Waals surface area contributed by atoms with Crippen LogP contribution in [0.15, 0.2) is 0 Å². The van der Waals surface area contributed by atoms with E-state index < -0.39 is 12.0 Å². The third-order valence-corrected chi connectivity index (χ3v) is 2.50. The molecule has 0 aliphatic carbocycles. The minimum absolute atomic E-state index is 0.304. The summed E-state index contributed by atoms with van der Waals surface area (Å²) in [5.41, 5.74) is 0. The summed E-state index contributed by atoms with van der Waals surface area (Å²) in [6.45, 7) is 1.63. The number of hydrogen-bond acceptors (Lipinski definition) is 3. The van der Waals surface area contributed by atoms with Crippen molar-refractivity contribution in [2.24, 2.45) is 0 Å². The van der Waals surface area contributed by atoms with Gasteiger partial charge >= 0.3 is 5.97 Å². The predicted octanol–water partition coefficient (Wildman–Crippen LogP) is 0.122. The van der Waals surface area contributed by atoms with Crippen molar-refractivity contribution in [3.8, 4) is 0 Å². The summed E-state index contributed by atoms with van der Waals surface area (Å²) in [4.78, 5) is 10.4. The summed E-state index contributed by atoms with van der Waals surface area (Å²) >= 11 is 2.01. The molecule has 10 heavy (non-hydrogen) atoms. The third kappa shape index (κ3) is 1.80. The first-order chi connectivity index (χ1) is 4.72. The first kappa shape index (κ1) is 8.22. The lowest BCUT2D eigenvalue weighted by Gasteiger charge is -2.26. The maximum Gasteiger partial charge on any atom is 0.324 e. The Kier molecular flexibility index (Phi) is 2.87. The van der Waals surface area contributed by atoms with Crippen LogP contribution in [0.1, 0.15) is 0 Å². The van der Waals surface area contributed by atoms with Crippen molar-refractivity contribution in [1.82, 2.24) is 3.11 Å². The highest BCUT2D eigenvalue weighted by Gasteiger charge is 2.26. The summed E-state index contributed by atoms with van der Waals surface area (Å²) in [7, 11) is 0. The van der Waals surface area contributed by atoms with Gasteiger partial charge in [0.1, 0.15) is 6.04 Å². The van der Waals surface area contributed by atoms with Crippen molar-refractivity contribution in [3.63, 3.8) is 0 Å². The van der Waals surface area contributed by atoms with Gasteiger partial charge in [0.2, 0.25) is 0 Å². The topological polar surface area (TPSA) is 49.8 Å². The largest absolute Gasteiger partial charge is 0.480 e. The van der Waals surface area contributed by atoms with Crippen LogP contribution in [-0.4, -0.2) is 40.0 Å². The van der Waals surface area contributed by atoms with Gasteiger partial charge in [-0.2, -0.15) is 0 Å². The molecule has 0 saturated carbocycles. The van der Waals surface area contributed by atoms with Crippen LogP contribution >= 0.6 is 22.9 Å². The van der Waals surface area contributed by atoms with Crippen LogP contribution in [0.4, 0.5) is 0 Å². The molecule has 1 N–H and O–H groups in total. The van der Waals surface area contributed by atoms with Gasteiger partial charge in [0.25, 0.3) is 0 Å². The number of rotatable bonds is 1. The molecule has 1 aliphatic rings. The standard InChI is InChI=1S/C5H8INO3/c6-7-1-2-10-3-4(7)5(8)9/h4H,1-3H2,(H,8,9). The Labute approximate surface area is 72.6 Å². The molecule has 0 aromatic heterocycles. The zero-order valence-corrected chi connectivity index (χ0v) is 7.45. The second-order valence-corrected chi connectivity index (χ2v) is 3.29. The number of aliphatic carboxylic acids is 1. The molecule has 0 aromatic rings. The highest BCUT2D eigenvalue weighted by atomic mass is 127. The average molecular weight is 257 g/mol. The van der Waals surface area contributed by atoms with Crippen LogP contribution in [-0.2, 0) is 9.53 Å². The molecule has 1 aliphatic heterocycles. The first-order valence-electron chi connectivity index (χ1n) is 2.95. The Morgan fingerprint density at radius 3 is 2.90 bits per heavy atom. The van der Waals surface area contributed by atoms with E-state index in [1.165, 1.54) is 0 Å². The lowest BCUT2D eigenvalue weighted by molar-refractivity contribution is -0.145. The number of hydrogen-bond donors (Lipinski definition) is 1. The van der Waals surface area contributed by atoms with Crippen molar-refractivity contribution in [1.29, 1.82) is 0 Å². The predicted molar refractivity (Wildman–Crippen MR) is 43.0 cm³/mol. The van der Waals surface area contributed by atoms with Gasteiger partial charge in [-0.25, -0.2) is 3.11 Å². The normalized spacial score (nSPS) is 28.3. The Hall–Kier alpha value is 0.120. The van der Waals surface area contributed by atoms with E-state index in [4.69, 9.17) is 9.84 Å². The van der Waals surface area contributed by atoms with E-state index in [0.29, 0.717) is 19.8 Å². The van der Waals surface area contributed by atoms with Crippen LogP contribution in [0.3, 0.4) is 0 Å². The van der Waals surface area contributed by atoms with Gasteiger partial charge in [0.05, 0.1) is 13.2 Å². The van der Waals surface area contributed by atoms with Gasteiger partial charge in [-0.1, -0.05) is 0 Å². The molecule has 4 nitrogen and oxygen atoms in total. The molecular weight excluding hydrogens is 249 g/mol. The highest BCUT2D eigenvalue weighted by molar-refractivity contribution is 14.1. The van der Waals surface area contributed by atoms with E-state index in [1.807, 2.05) is 22.9 Å². The summed E-state index contributed by atoms with van der Waals surface area (Å²) in [6, 6.07) is -0.464. The molecular formula is C5H8INO3. The molecule has 1 unspecified atom stereocenters. The fourth-order valence-electron chi connectivity index (χ4n) is 0.775. The van der Waals surface area contributed by atoms with Crippen molar-refractivity contribution in [2.45, 2.75) is 6.04 Å². The van der Waals surface area contributed by atoms with E-state index in [1.54, 1.807) is 3.11 Å². The summed E-state index contributed by atoms with van der Waals surface area (Å²) in [5.74, 6) is -0.811. The zero-order chi connectivity index (χ0) is 7.56. The van der Waals surface area contributed by atoms with Crippen LogP contribution < -0.4 is 0 Å². The SMILES string of the molecule is O=C(O)C1COCCN1I. The van der Waals surface area contributed by atoms with Crippen LogP contribution in [0.5, 0.6) is 0 Å². The number of halogens is 1. The van der Waals surface area contributed by atoms with Crippen molar-refractivity contribution in [2.75, 3.05) is 19.8 Å². The molecule has 1 rings (SSSR count). The molecule has 1 atom stereocenters. The van der Waals surface area contributed by atoms with Gasteiger partial charge < -0.3 is 9.84 Å². The third-order valence-electron chi connectivity index (χ3n) is 1.35. The molecule has 0 radical (unpaired) electrons. The van der Waals surface area contributed by atoms with Gasteiger partial charge in [-0.05, 0) is 0 Å². The fraction of sp³-hybridized carbons (Fsp3) is 0.800. The molecule has 0 spiro atoms. The Morgan fingerprint density at radius 2 is 2.50 bits per heavy atom. The fourth-order valence-corrected chi connectivity index (χ4v) is 1.37. The molecule has 5 heteroatoms. The first-order valence-corrected chi connectivity index (χ1v) is 3.91. The van der Waals surface area contributed by atoms with Crippen molar-refractivity contribution < 1.29 is 14.6 Å². The number of carboxylic acids is 1. The molecule has 0 aromatic carbocycles. The minimum atomic E-state index is -0.811. The summed E-state index contributed by atoms with van der Waals surface area (Å²) in [6.07, 6.45) is 0. The monoisotopic (exact) mass is 257 g/mol. The Balaban J connectivity index is 2.47. The highest BCUT2D eigenvalue weighted by Crippen LogP contribution is 2.11. The van der Waals surface area contributed by atoms with Crippen LogP contribution in [0.25, 0.3) is 0 Å². The van der Waals surface area contributed by atoms with E-state index >= 15 is 0 Å². The Bertz CT molecular complexity index is 141. The van der Waals surface area contributed by atoms with Gasteiger partial charge in [-0.3, -0.25) is 4.79 Å². The van der Waals surface area contributed by atoms with E-state index in [0.717, 1.165) is 0 Å². The number of carboxylic acid groups (broad SMARTS) is 1. The van der Waals surface area contributed by atoms with Crippen LogP contribution in [0, 0.1) is 0 Å². The average Bonchev–Trinajstić information content (AvgIpc) is 1.88. The maximum atomic E-state index is 10.4. The second kappa shape index (κ2) is 3.49. The lowest BCUT2D eigenvalue weighted by Crippen LogP contribution is -2.44. The van der Waals surface area contributed by atoms with Crippen molar-refractivity contribution >= 4 is 28.8 Å². The number of carbonyl (C=O) groups is 1. The van der Waals surface area contributed by atoms with E-state index in [2.05, 4.69) is 0 Å². The maximum absolute atomic E-state index is 10.4. The summed E-state index contributed by atoms with van der Waals surface area (Å²) in [5, 5.41) is 8.58. The van der Waals surface area contributed by atoms with E-state index in [-0.39, 0.29) is 0 Å². The van der Waals surface area contributed by atoms with E-state index in [9.17, 15) is 4.79 Å². The summed E-state index contributed by atoms with van der Waals surface area (Å²) < 4.78 is 6.74. The minimum Gasteiger partial charge on any atom is -0.480 e. The lowest BCUT2D eigenvalue weighted by atomic mass is 10.3. The molecule has 58 valence electrons. The molecule has 1 heterocycles. The van der Waals surface area contributed by atoms with Crippen molar-refractivity contribution in [3.05, 3.63) is 0 Å². The number of ether oxygens (including phenoxy) is 1. The number of nitrogens with zero attached hydrogens (tertiary/aromatic N) is 1. The van der Waals surface area contributed by atoms with Gasteiger partial charge in [-0.15, -0.1) is 0 Å². The van der Waals surface area contributed by atoms with Crippen LogP contribution in [0.2, 0.25) is 0 Å². The number of morpholine rings is 1. The quantitative estimate of drug-likeness (QED) is 0.535.